The van der Waals surface area contributed by atoms with Crippen LogP contribution in [0.5, 0.6) is 5.75 Å². The number of aryl methyl sites for hydroxylation is 1. The minimum atomic E-state index is 0.555. The highest BCUT2D eigenvalue weighted by molar-refractivity contribution is 7.80. The lowest BCUT2D eigenvalue weighted by Crippen LogP contribution is -2.28. The molecule has 0 radical (unpaired) electrons. The molecule has 0 atom stereocenters. The van der Waals surface area contributed by atoms with Crippen molar-refractivity contribution in [2.24, 2.45) is 0 Å². The van der Waals surface area contributed by atoms with Crippen LogP contribution in [0.1, 0.15) is 11.1 Å². The van der Waals surface area contributed by atoms with Crippen LogP contribution in [0.2, 0.25) is 0 Å². The number of nitrogens with one attached hydrogen (secondary N) is 2. The number of pyridine rings is 1. The first-order valence-electron chi connectivity index (χ1n) is 6.28. The Balaban J connectivity index is 1.85. The van der Waals surface area contributed by atoms with E-state index in [0.717, 1.165) is 22.7 Å². The Morgan fingerprint density at radius 2 is 2.00 bits per heavy atom. The predicted molar refractivity (Wildman–Crippen MR) is 85.0 cm³/mol. The van der Waals surface area contributed by atoms with Crippen LogP contribution in [0, 0.1) is 6.92 Å². The van der Waals surface area contributed by atoms with Crippen LogP contribution in [0.3, 0.4) is 0 Å². The molecule has 2 rings (SSSR count). The van der Waals surface area contributed by atoms with Crippen LogP contribution >= 0.6 is 12.2 Å². The molecule has 0 unspecified atom stereocenters. The van der Waals surface area contributed by atoms with Gasteiger partial charge in [0.2, 0.25) is 0 Å². The highest BCUT2D eigenvalue weighted by Crippen LogP contribution is 2.11. The number of nitrogens with zero attached hydrogens (tertiary/aromatic N) is 1. The van der Waals surface area contributed by atoms with Crippen LogP contribution in [0.4, 0.5) is 5.82 Å². The molecule has 1 heterocycles. The lowest BCUT2D eigenvalue weighted by atomic mass is 10.2. The van der Waals surface area contributed by atoms with Crippen molar-refractivity contribution in [2.45, 2.75) is 13.5 Å². The van der Waals surface area contributed by atoms with E-state index in [1.165, 1.54) is 0 Å². The molecule has 0 spiro atoms. The van der Waals surface area contributed by atoms with Gasteiger partial charge in [0, 0.05) is 12.7 Å². The largest absolute Gasteiger partial charge is 0.497 e. The van der Waals surface area contributed by atoms with E-state index < -0.39 is 0 Å². The summed E-state index contributed by atoms with van der Waals surface area (Å²) in [6.07, 6.45) is 1.75. The molecule has 1 aromatic heterocycles. The van der Waals surface area contributed by atoms with Crippen LogP contribution in [-0.4, -0.2) is 17.2 Å². The lowest BCUT2D eigenvalue weighted by Gasteiger charge is -2.10. The Hall–Kier alpha value is -2.14. The lowest BCUT2D eigenvalue weighted by molar-refractivity contribution is 0.414. The van der Waals surface area contributed by atoms with E-state index in [9.17, 15) is 0 Å². The Morgan fingerprint density at radius 1 is 1.25 bits per heavy atom. The molecule has 0 aliphatic heterocycles. The van der Waals surface area contributed by atoms with Gasteiger partial charge in [0.25, 0.3) is 0 Å². The molecular weight excluding hydrogens is 270 g/mol. The summed E-state index contributed by atoms with van der Waals surface area (Å²) < 4.78 is 5.12. The summed E-state index contributed by atoms with van der Waals surface area (Å²) in [5.41, 5.74) is 2.27. The summed E-state index contributed by atoms with van der Waals surface area (Å²) in [7, 11) is 1.65. The van der Waals surface area contributed by atoms with Crippen LogP contribution in [0.25, 0.3) is 0 Å². The zero-order valence-corrected chi connectivity index (χ0v) is 12.3. The molecule has 20 heavy (non-hydrogen) atoms. The van der Waals surface area contributed by atoms with Gasteiger partial charge in [-0.15, -0.1) is 0 Å². The average molecular weight is 287 g/mol. The van der Waals surface area contributed by atoms with Gasteiger partial charge in [-0.25, -0.2) is 4.98 Å². The summed E-state index contributed by atoms with van der Waals surface area (Å²) in [6.45, 7) is 2.67. The molecule has 2 aromatic rings. The summed E-state index contributed by atoms with van der Waals surface area (Å²) in [6, 6.07) is 11.7. The van der Waals surface area contributed by atoms with Gasteiger partial charge >= 0.3 is 0 Å². The Labute approximate surface area is 124 Å². The van der Waals surface area contributed by atoms with Gasteiger partial charge in [0.05, 0.1) is 7.11 Å². The molecule has 104 valence electrons. The first kappa shape index (κ1) is 14.3. The van der Waals surface area contributed by atoms with Crippen molar-refractivity contribution in [1.82, 2.24) is 10.3 Å². The zero-order chi connectivity index (χ0) is 14.4. The van der Waals surface area contributed by atoms with Gasteiger partial charge in [0.15, 0.2) is 5.11 Å². The predicted octanol–water partition coefficient (Wildman–Crippen LogP) is 2.89. The fourth-order valence-corrected chi connectivity index (χ4v) is 1.87. The molecule has 2 N–H and O–H groups in total. The highest BCUT2D eigenvalue weighted by Gasteiger charge is 2.00. The SMILES string of the molecule is COc1ccc(CNC(=S)Nc2cc(C)ccn2)cc1. The minimum Gasteiger partial charge on any atom is -0.497 e. The fraction of sp³-hybridized carbons (Fsp3) is 0.200. The minimum absolute atomic E-state index is 0.555. The maximum atomic E-state index is 5.24. The monoisotopic (exact) mass is 287 g/mol. The molecular formula is C15H17N3OS. The second-order valence-electron chi connectivity index (χ2n) is 4.37. The molecule has 0 aliphatic rings. The van der Waals surface area contributed by atoms with Crippen molar-refractivity contribution < 1.29 is 4.74 Å². The smallest absolute Gasteiger partial charge is 0.172 e. The van der Waals surface area contributed by atoms with Gasteiger partial charge in [-0.2, -0.15) is 0 Å². The summed E-state index contributed by atoms with van der Waals surface area (Å²) in [5, 5.41) is 6.76. The summed E-state index contributed by atoms with van der Waals surface area (Å²) in [4.78, 5) is 4.20. The number of benzene rings is 1. The third-order valence-electron chi connectivity index (χ3n) is 2.77. The third-order valence-corrected chi connectivity index (χ3v) is 3.02. The number of ether oxygens (including phenoxy) is 1. The van der Waals surface area contributed by atoms with E-state index in [1.807, 2.05) is 43.3 Å². The van der Waals surface area contributed by atoms with Gasteiger partial charge < -0.3 is 15.4 Å². The van der Waals surface area contributed by atoms with Gasteiger partial charge in [-0.3, -0.25) is 0 Å². The molecule has 1 aromatic carbocycles. The van der Waals surface area contributed by atoms with Gasteiger partial charge in [-0.05, 0) is 54.5 Å². The van der Waals surface area contributed by atoms with E-state index in [1.54, 1.807) is 13.3 Å². The zero-order valence-electron chi connectivity index (χ0n) is 11.5. The standard InChI is InChI=1S/C15H17N3OS/c1-11-7-8-16-14(9-11)18-15(20)17-10-12-3-5-13(19-2)6-4-12/h3-9H,10H2,1-2H3,(H2,16,17,18,20). The van der Waals surface area contributed by atoms with E-state index in [4.69, 9.17) is 17.0 Å². The van der Waals surface area contributed by atoms with E-state index in [0.29, 0.717) is 11.7 Å². The van der Waals surface area contributed by atoms with Crippen molar-refractivity contribution in [3.8, 4) is 5.75 Å². The quantitative estimate of drug-likeness (QED) is 0.847. The molecule has 5 heteroatoms. The molecule has 0 aliphatic carbocycles. The van der Waals surface area contributed by atoms with E-state index in [2.05, 4.69) is 15.6 Å². The Bertz CT molecular complexity index is 584. The van der Waals surface area contributed by atoms with Crippen molar-refractivity contribution >= 4 is 23.1 Å². The molecule has 4 nitrogen and oxygen atoms in total. The summed E-state index contributed by atoms with van der Waals surface area (Å²) >= 11 is 5.24. The number of hydrogen-bond donors (Lipinski definition) is 2. The number of hydrogen-bond acceptors (Lipinski definition) is 3. The second-order valence-corrected chi connectivity index (χ2v) is 4.78. The van der Waals surface area contributed by atoms with Crippen molar-refractivity contribution in [3.05, 3.63) is 53.7 Å². The summed E-state index contributed by atoms with van der Waals surface area (Å²) in [5.74, 6) is 1.59. The first-order chi connectivity index (χ1) is 9.67. The molecule has 0 saturated heterocycles. The number of anilines is 1. The Kier molecular flexibility index (Phi) is 4.90. The second kappa shape index (κ2) is 6.86. The van der Waals surface area contributed by atoms with Crippen LogP contribution < -0.4 is 15.4 Å². The highest BCUT2D eigenvalue weighted by atomic mass is 32.1. The average Bonchev–Trinajstić information content (AvgIpc) is 2.46. The number of methoxy groups -OCH3 is 1. The molecule has 0 saturated carbocycles. The van der Waals surface area contributed by atoms with Gasteiger partial charge in [-0.1, -0.05) is 12.1 Å². The number of aromatic nitrogens is 1. The normalized spacial score (nSPS) is 9.90. The van der Waals surface area contributed by atoms with Crippen LogP contribution in [0.15, 0.2) is 42.6 Å². The van der Waals surface area contributed by atoms with Crippen molar-refractivity contribution in [3.63, 3.8) is 0 Å². The molecule has 0 fully saturated rings. The van der Waals surface area contributed by atoms with Crippen molar-refractivity contribution in [1.29, 1.82) is 0 Å². The Morgan fingerprint density at radius 3 is 2.65 bits per heavy atom. The molecule has 0 amide bonds. The number of thiocarbonyl (C=S) groups is 1. The number of rotatable bonds is 4. The third kappa shape index (κ3) is 4.20. The maximum Gasteiger partial charge on any atom is 0.172 e. The van der Waals surface area contributed by atoms with E-state index in [-0.39, 0.29) is 0 Å². The van der Waals surface area contributed by atoms with Gasteiger partial charge in [0.1, 0.15) is 11.6 Å². The maximum absolute atomic E-state index is 5.24. The molecule has 0 bridgehead atoms. The van der Waals surface area contributed by atoms with Crippen molar-refractivity contribution in [2.75, 3.05) is 12.4 Å². The topological polar surface area (TPSA) is 46.2 Å². The van der Waals surface area contributed by atoms with Crippen LogP contribution in [-0.2, 0) is 6.54 Å². The fourth-order valence-electron chi connectivity index (χ4n) is 1.69. The first-order valence-corrected chi connectivity index (χ1v) is 6.68. The van der Waals surface area contributed by atoms with E-state index >= 15 is 0 Å².